The number of halogens is 1. The van der Waals surface area contributed by atoms with E-state index in [1.165, 1.54) is 37.7 Å². The van der Waals surface area contributed by atoms with E-state index in [0.717, 1.165) is 12.4 Å². The van der Waals surface area contributed by atoms with Gasteiger partial charge >= 0.3 is 0 Å². The molecule has 1 aliphatic carbocycles. The summed E-state index contributed by atoms with van der Waals surface area (Å²) in [7, 11) is 0. The fourth-order valence-corrected chi connectivity index (χ4v) is 3.60. The van der Waals surface area contributed by atoms with Crippen molar-refractivity contribution in [3.05, 3.63) is 29.8 Å². The molecule has 3 rings (SSSR count). The van der Waals surface area contributed by atoms with E-state index in [4.69, 9.17) is 16.3 Å². The van der Waals surface area contributed by atoms with Crippen LogP contribution >= 0.6 is 11.6 Å². The highest BCUT2D eigenvalue weighted by Crippen LogP contribution is 2.41. The first-order valence-corrected chi connectivity index (χ1v) is 7.14. The molecule has 0 bridgehead atoms. The van der Waals surface area contributed by atoms with Gasteiger partial charge < -0.3 is 4.74 Å². The molecule has 3 atom stereocenters. The average Bonchev–Trinajstić information content (AvgIpc) is 2.76. The van der Waals surface area contributed by atoms with E-state index in [2.05, 4.69) is 18.2 Å². The van der Waals surface area contributed by atoms with Crippen LogP contribution in [-0.4, -0.2) is 12.0 Å². The number of para-hydroxylation sites is 1. The monoisotopic (exact) mass is 250 g/mol. The molecular formula is C15H19ClO. The van der Waals surface area contributed by atoms with Crippen LogP contribution in [0.15, 0.2) is 24.3 Å². The first-order valence-electron chi connectivity index (χ1n) is 6.70. The Balaban J connectivity index is 1.70. The molecule has 0 amide bonds. The van der Waals surface area contributed by atoms with Gasteiger partial charge in [0.05, 0.1) is 6.61 Å². The van der Waals surface area contributed by atoms with Gasteiger partial charge in [-0.25, -0.2) is 0 Å². The fourth-order valence-electron chi connectivity index (χ4n) is 3.22. The molecule has 0 aromatic heterocycles. The molecule has 2 aliphatic rings. The van der Waals surface area contributed by atoms with E-state index < -0.39 is 0 Å². The van der Waals surface area contributed by atoms with Crippen LogP contribution in [0.5, 0.6) is 5.75 Å². The molecule has 0 radical (unpaired) electrons. The number of rotatable bonds is 2. The maximum absolute atomic E-state index is 6.45. The Morgan fingerprint density at radius 2 is 2.00 bits per heavy atom. The molecule has 1 aromatic rings. The third kappa shape index (κ3) is 2.30. The molecule has 1 fully saturated rings. The zero-order valence-corrected chi connectivity index (χ0v) is 10.8. The van der Waals surface area contributed by atoms with Crippen LogP contribution in [0.1, 0.15) is 43.6 Å². The van der Waals surface area contributed by atoms with E-state index >= 15 is 0 Å². The van der Waals surface area contributed by atoms with Gasteiger partial charge in [0.1, 0.15) is 5.75 Å². The standard InChI is InChI=1S/C15H19ClO/c16-14-7-3-1-5-11(14)9-12-10-17-15-8-4-2-6-13(12)15/h2,4,6,8,11-12,14H,1,3,5,7,9-10H2. The van der Waals surface area contributed by atoms with E-state index in [1.54, 1.807) is 0 Å². The highest BCUT2D eigenvalue weighted by atomic mass is 35.5. The molecule has 0 spiro atoms. The maximum atomic E-state index is 6.45. The second-order valence-electron chi connectivity index (χ2n) is 5.34. The van der Waals surface area contributed by atoms with Crippen LogP contribution in [-0.2, 0) is 0 Å². The van der Waals surface area contributed by atoms with Crippen LogP contribution < -0.4 is 4.74 Å². The largest absolute Gasteiger partial charge is 0.493 e. The normalized spacial score (nSPS) is 31.9. The van der Waals surface area contributed by atoms with Crippen molar-refractivity contribution in [1.29, 1.82) is 0 Å². The molecular weight excluding hydrogens is 232 g/mol. The SMILES string of the molecule is ClC1CCCCC1CC1COc2ccccc21. The number of alkyl halides is 1. The molecule has 1 saturated carbocycles. The van der Waals surface area contributed by atoms with Gasteiger partial charge in [-0.3, -0.25) is 0 Å². The zero-order chi connectivity index (χ0) is 11.7. The Morgan fingerprint density at radius 1 is 1.18 bits per heavy atom. The van der Waals surface area contributed by atoms with Crippen molar-refractivity contribution >= 4 is 11.6 Å². The van der Waals surface area contributed by atoms with Crippen molar-refractivity contribution in [3.8, 4) is 5.75 Å². The lowest BCUT2D eigenvalue weighted by Gasteiger charge is -2.28. The Bertz CT molecular complexity index is 390. The van der Waals surface area contributed by atoms with Gasteiger partial charge in [0.2, 0.25) is 0 Å². The molecule has 17 heavy (non-hydrogen) atoms. The number of fused-ring (bicyclic) bond motifs is 1. The molecule has 1 heterocycles. The predicted octanol–water partition coefficient (Wildman–Crippen LogP) is 4.35. The summed E-state index contributed by atoms with van der Waals surface area (Å²) in [5.74, 6) is 2.33. The predicted molar refractivity (Wildman–Crippen MR) is 70.9 cm³/mol. The van der Waals surface area contributed by atoms with Crippen molar-refractivity contribution < 1.29 is 4.74 Å². The Morgan fingerprint density at radius 3 is 2.88 bits per heavy atom. The van der Waals surface area contributed by atoms with Crippen LogP contribution in [0, 0.1) is 5.92 Å². The molecule has 2 heteroatoms. The summed E-state index contributed by atoms with van der Waals surface area (Å²) in [6.45, 7) is 0.847. The molecule has 1 nitrogen and oxygen atoms in total. The summed E-state index contributed by atoms with van der Waals surface area (Å²) in [6, 6.07) is 8.44. The van der Waals surface area contributed by atoms with E-state index in [0.29, 0.717) is 17.2 Å². The summed E-state index contributed by atoms with van der Waals surface area (Å²) < 4.78 is 5.74. The first-order chi connectivity index (χ1) is 8.34. The van der Waals surface area contributed by atoms with Crippen molar-refractivity contribution in [2.75, 3.05) is 6.61 Å². The summed E-state index contributed by atoms with van der Waals surface area (Å²) in [6.07, 6.45) is 6.35. The van der Waals surface area contributed by atoms with Gasteiger partial charge in [0.15, 0.2) is 0 Å². The van der Waals surface area contributed by atoms with Gasteiger partial charge in [-0.2, -0.15) is 0 Å². The Hall–Kier alpha value is -0.690. The maximum Gasteiger partial charge on any atom is 0.122 e. The summed E-state index contributed by atoms with van der Waals surface area (Å²) in [4.78, 5) is 0. The minimum absolute atomic E-state index is 0.386. The van der Waals surface area contributed by atoms with Crippen LogP contribution in [0.25, 0.3) is 0 Å². The minimum atomic E-state index is 0.386. The molecule has 92 valence electrons. The number of hydrogen-bond donors (Lipinski definition) is 0. The van der Waals surface area contributed by atoms with Gasteiger partial charge in [-0.1, -0.05) is 31.0 Å². The Labute approximate surface area is 108 Å². The molecule has 3 unspecified atom stereocenters. The lowest BCUT2D eigenvalue weighted by molar-refractivity contribution is 0.278. The average molecular weight is 251 g/mol. The Kier molecular flexibility index (Phi) is 3.28. The second kappa shape index (κ2) is 4.89. The van der Waals surface area contributed by atoms with Gasteiger partial charge in [-0.05, 0) is 31.2 Å². The van der Waals surface area contributed by atoms with Crippen LogP contribution in [0.2, 0.25) is 0 Å². The van der Waals surface area contributed by atoms with Gasteiger partial charge in [0, 0.05) is 16.9 Å². The number of hydrogen-bond acceptors (Lipinski definition) is 1. The van der Waals surface area contributed by atoms with Crippen LogP contribution in [0.3, 0.4) is 0 Å². The molecule has 1 aromatic carbocycles. The van der Waals surface area contributed by atoms with Crippen molar-refractivity contribution in [1.82, 2.24) is 0 Å². The number of ether oxygens (including phenoxy) is 1. The minimum Gasteiger partial charge on any atom is -0.493 e. The van der Waals surface area contributed by atoms with Crippen LogP contribution in [0.4, 0.5) is 0 Å². The van der Waals surface area contributed by atoms with Crippen molar-refractivity contribution in [3.63, 3.8) is 0 Å². The van der Waals surface area contributed by atoms with Crippen molar-refractivity contribution in [2.24, 2.45) is 5.92 Å². The van der Waals surface area contributed by atoms with E-state index in [9.17, 15) is 0 Å². The fraction of sp³-hybridized carbons (Fsp3) is 0.600. The summed E-state index contributed by atoms with van der Waals surface area (Å²) in [5.41, 5.74) is 1.39. The highest BCUT2D eigenvalue weighted by Gasteiger charge is 2.30. The first kappa shape index (κ1) is 11.4. The summed E-state index contributed by atoms with van der Waals surface area (Å²) in [5, 5.41) is 0.386. The topological polar surface area (TPSA) is 9.23 Å². The molecule has 1 aliphatic heterocycles. The smallest absolute Gasteiger partial charge is 0.122 e. The quantitative estimate of drug-likeness (QED) is 0.709. The third-order valence-corrected chi connectivity index (χ3v) is 4.78. The molecule has 0 saturated heterocycles. The van der Waals surface area contributed by atoms with Crippen molar-refractivity contribution in [2.45, 2.75) is 43.4 Å². The highest BCUT2D eigenvalue weighted by molar-refractivity contribution is 6.20. The lowest BCUT2D eigenvalue weighted by Crippen LogP contribution is -2.22. The number of benzene rings is 1. The van der Waals surface area contributed by atoms with E-state index in [-0.39, 0.29) is 0 Å². The van der Waals surface area contributed by atoms with Gasteiger partial charge in [0.25, 0.3) is 0 Å². The lowest BCUT2D eigenvalue weighted by atomic mass is 9.81. The van der Waals surface area contributed by atoms with Gasteiger partial charge in [-0.15, -0.1) is 11.6 Å². The zero-order valence-electron chi connectivity index (χ0n) is 10.1. The van der Waals surface area contributed by atoms with E-state index in [1.807, 2.05) is 6.07 Å². The summed E-state index contributed by atoms with van der Waals surface area (Å²) >= 11 is 6.45. The molecule has 0 N–H and O–H groups in total. The second-order valence-corrected chi connectivity index (χ2v) is 5.90. The third-order valence-electron chi connectivity index (χ3n) is 4.20.